The van der Waals surface area contributed by atoms with Crippen LogP contribution in [0.2, 0.25) is 0 Å². The second-order valence-electron chi connectivity index (χ2n) is 7.65. The molecule has 5 nitrogen and oxygen atoms in total. The van der Waals surface area contributed by atoms with E-state index in [1.165, 1.54) is 5.56 Å². The molecule has 5 heteroatoms. The summed E-state index contributed by atoms with van der Waals surface area (Å²) in [5.74, 6) is 0. The number of nitrogens with zero attached hydrogens (tertiary/aromatic N) is 2. The van der Waals surface area contributed by atoms with E-state index in [0.717, 1.165) is 26.1 Å². The van der Waals surface area contributed by atoms with E-state index < -0.39 is 5.60 Å². The van der Waals surface area contributed by atoms with E-state index in [9.17, 15) is 4.79 Å². The van der Waals surface area contributed by atoms with E-state index in [2.05, 4.69) is 29.2 Å². The highest BCUT2D eigenvalue weighted by atomic mass is 16.6. The molecule has 132 valence electrons. The Morgan fingerprint density at radius 2 is 2.00 bits per heavy atom. The first-order valence-corrected chi connectivity index (χ1v) is 8.80. The number of piperidine rings is 1. The van der Waals surface area contributed by atoms with E-state index in [4.69, 9.17) is 9.47 Å². The summed E-state index contributed by atoms with van der Waals surface area (Å²) < 4.78 is 11.5. The highest BCUT2D eigenvalue weighted by molar-refractivity contribution is 5.68. The standard InChI is InChI=1S/C19H28N2O3/c1-19(2,3)24-18(22)21-10-9-17-16(14-21)20(11-12-23-17)13-15-7-5-4-6-8-15/h4-8,16-17H,9-14H2,1-3H3. The van der Waals surface area contributed by atoms with Crippen LogP contribution in [-0.4, -0.2) is 59.9 Å². The predicted octanol–water partition coefficient (Wildman–Crippen LogP) is 2.90. The Labute approximate surface area is 144 Å². The van der Waals surface area contributed by atoms with E-state index in [0.29, 0.717) is 13.1 Å². The van der Waals surface area contributed by atoms with Crippen LogP contribution in [0.15, 0.2) is 30.3 Å². The molecular weight excluding hydrogens is 304 g/mol. The molecule has 3 rings (SSSR count). The normalized spacial score (nSPS) is 25.2. The van der Waals surface area contributed by atoms with Crippen molar-refractivity contribution < 1.29 is 14.3 Å². The van der Waals surface area contributed by atoms with Crippen molar-refractivity contribution in [2.45, 2.75) is 51.5 Å². The monoisotopic (exact) mass is 332 g/mol. The Morgan fingerprint density at radius 1 is 1.25 bits per heavy atom. The maximum atomic E-state index is 12.4. The Morgan fingerprint density at radius 3 is 2.71 bits per heavy atom. The highest BCUT2D eigenvalue weighted by Gasteiger charge is 2.39. The van der Waals surface area contributed by atoms with E-state index in [1.54, 1.807) is 0 Å². The molecular formula is C19H28N2O3. The van der Waals surface area contributed by atoms with Gasteiger partial charge in [0.1, 0.15) is 5.60 Å². The molecule has 0 radical (unpaired) electrons. The first kappa shape index (κ1) is 17.2. The van der Waals surface area contributed by atoms with Gasteiger partial charge in [-0.1, -0.05) is 30.3 Å². The van der Waals surface area contributed by atoms with Gasteiger partial charge in [0.25, 0.3) is 0 Å². The zero-order valence-corrected chi connectivity index (χ0v) is 14.9. The molecule has 2 fully saturated rings. The van der Waals surface area contributed by atoms with Crippen LogP contribution in [0.4, 0.5) is 4.79 Å². The Balaban J connectivity index is 1.66. The molecule has 0 aromatic heterocycles. The first-order chi connectivity index (χ1) is 11.4. The molecule has 0 aliphatic carbocycles. The van der Waals surface area contributed by atoms with Gasteiger partial charge in [0, 0.05) is 26.2 Å². The zero-order valence-electron chi connectivity index (χ0n) is 14.9. The van der Waals surface area contributed by atoms with Crippen LogP contribution in [0.1, 0.15) is 32.8 Å². The Kier molecular flexibility index (Phi) is 5.11. The quantitative estimate of drug-likeness (QED) is 0.835. The molecule has 2 atom stereocenters. The van der Waals surface area contributed by atoms with Crippen molar-refractivity contribution in [2.75, 3.05) is 26.2 Å². The SMILES string of the molecule is CC(C)(C)OC(=O)N1CCC2OCCN(Cc3ccccc3)C2C1. The van der Waals surface area contributed by atoms with Crippen LogP contribution in [-0.2, 0) is 16.0 Å². The lowest BCUT2D eigenvalue weighted by molar-refractivity contribution is -0.105. The number of carbonyl (C=O) groups is 1. The minimum atomic E-state index is -0.458. The molecule has 0 saturated carbocycles. The van der Waals surface area contributed by atoms with Gasteiger partial charge in [-0.05, 0) is 32.8 Å². The van der Waals surface area contributed by atoms with Gasteiger partial charge in [-0.3, -0.25) is 4.90 Å². The molecule has 2 saturated heterocycles. The third-order valence-corrected chi connectivity index (χ3v) is 4.58. The second-order valence-corrected chi connectivity index (χ2v) is 7.65. The fraction of sp³-hybridized carbons (Fsp3) is 0.632. The number of fused-ring (bicyclic) bond motifs is 1. The molecule has 2 aliphatic rings. The summed E-state index contributed by atoms with van der Waals surface area (Å²) in [6.45, 7) is 9.66. The molecule has 1 aromatic carbocycles. The van der Waals surface area contributed by atoms with Crippen molar-refractivity contribution in [1.82, 2.24) is 9.80 Å². The molecule has 0 N–H and O–H groups in total. The largest absolute Gasteiger partial charge is 0.444 e. The van der Waals surface area contributed by atoms with Gasteiger partial charge in [-0.2, -0.15) is 0 Å². The van der Waals surface area contributed by atoms with Gasteiger partial charge in [-0.25, -0.2) is 4.79 Å². The number of hydrogen-bond donors (Lipinski definition) is 0. The van der Waals surface area contributed by atoms with Crippen molar-refractivity contribution in [3.05, 3.63) is 35.9 Å². The minimum Gasteiger partial charge on any atom is -0.444 e. The summed E-state index contributed by atoms with van der Waals surface area (Å²) in [6, 6.07) is 10.7. The number of carbonyl (C=O) groups excluding carboxylic acids is 1. The fourth-order valence-electron chi connectivity index (χ4n) is 3.45. The number of likely N-dealkylation sites (tertiary alicyclic amines) is 1. The van der Waals surface area contributed by atoms with Crippen LogP contribution in [0, 0.1) is 0 Å². The second kappa shape index (κ2) is 7.11. The molecule has 0 spiro atoms. The van der Waals surface area contributed by atoms with Crippen molar-refractivity contribution >= 4 is 6.09 Å². The molecule has 0 bridgehead atoms. The Hall–Kier alpha value is -1.59. The van der Waals surface area contributed by atoms with Crippen molar-refractivity contribution in [3.63, 3.8) is 0 Å². The average Bonchev–Trinajstić information content (AvgIpc) is 2.54. The summed E-state index contributed by atoms with van der Waals surface area (Å²) in [7, 11) is 0. The van der Waals surface area contributed by atoms with Gasteiger partial charge >= 0.3 is 6.09 Å². The fourth-order valence-corrected chi connectivity index (χ4v) is 3.45. The lowest BCUT2D eigenvalue weighted by atomic mass is 9.98. The van der Waals surface area contributed by atoms with Crippen molar-refractivity contribution in [3.8, 4) is 0 Å². The van der Waals surface area contributed by atoms with Crippen molar-refractivity contribution in [2.24, 2.45) is 0 Å². The number of hydrogen-bond acceptors (Lipinski definition) is 4. The van der Waals surface area contributed by atoms with Crippen LogP contribution in [0.5, 0.6) is 0 Å². The van der Waals surface area contributed by atoms with E-state index in [-0.39, 0.29) is 18.2 Å². The highest BCUT2D eigenvalue weighted by Crippen LogP contribution is 2.25. The summed E-state index contributed by atoms with van der Waals surface area (Å²) in [5.41, 5.74) is 0.841. The first-order valence-electron chi connectivity index (χ1n) is 8.80. The average molecular weight is 332 g/mol. The summed E-state index contributed by atoms with van der Waals surface area (Å²) in [5, 5.41) is 0. The smallest absolute Gasteiger partial charge is 0.410 e. The molecule has 1 amide bonds. The Bertz CT molecular complexity index is 555. The lowest BCUT2D eigenvalue weighted by Crippen LogP contribution is -2.60. The number of morpholine rings is 1. The van der Waals surface area contributed by atoms with Crippen LogP contribution in [0.3, 0.4) is 0 Å². The lowest BCUT2D eigenvalue weighted by Gasteiger charge is -2.47. The van der Waals surface area contributed by atoms with Gasteiger partial charge in [0.05, 0.1) is 18.8 Å². The number of rotatable bonds is 2. The topological polar surface area (TPSA) is 42.0 Å². The molecule has 2 heterocycles. The van der Waals surface area contributed by atoms with Gasteiger partial charge in [0.15, 0.2) is 0 Å². The van der Waals surface area contributed by atoms with E-state index in [1.807, 2.05) is 31.7 Å². The van der Waals surface area contributed by atoms with Gasteiger partial charge < -0.3 is 14.4 Å². The van der Waals surface area contributed by atoms with Crippen molar-refractivity contribution in [1.29, 1.82) is 0 Å². The zero-order chi connectivity index (χ0) is 17.2. The molecule has 24 heavy (non-hydrogen) atoms. The summed E-state index contributed by atoms with van der Waals surface area (Å²) in [6.07, 6.45) is 0.863. The minimum absolute atomic E-state index is 0.209. The molecule has 1 aromatic rings. The number of ether oxygens (including phenoxy) is 2. The maximum absolute atomic E-state index is 12.4. The van der Waals surface area contributed by atoms with Gasteiger partial charge in [0.2, 0.25) is 0 Å². The van der Waals surface area contributed by atoms with Crippen LogP contribution < -0.4 is 0 Å². The third kappa shape index (κ3) is 4.28. The third-order valence-electron chi connectivity index (χ3n) is 4.58. The maximum Gasteiger partial charge on any atom is 0.410 e. The molecule has 2 unspecified atom stereocenters. The summed E-state index contributed by atoms with van der Waals surface area (Å²) >= 11 is 0. The van der Waals surface area contributed by atoms with E-state index >= 15 is 0 Å². The van der Waals surface area contributed by atoms with Crippen LogP contribution >= 0.6 is 0 Å². The predicted molar refractivity (Wildman–Crippen MR) is 92.8 cm³/mol. The number of benzene rings is 1. The summed E-state index contributed by atoms with van der Waals surface area (Å²) in [4.78, 5) is 16.7. The van der Waals surface area contributed by atoms with Crippen LogP contribution in [0.25, 0.3) is 0 Å². The van der Waals surface area contributed by atoms with Gasteiger partial charge in [-0.15, -0.1) is 0 Å². The number of amides is 1. The molecule has 2 aliphatic heterocycles.